The van der Waals surface area contributed by atoms with Crippen molar-refractivity contribution in [3.05, 3.63) is 53.3 Å². The minimum absolute atomic E-state index is 0.101. The summed E-state index contributed by atoms with van der Waals surface area (Å²) in [4.78, 5) is 14.4. The summed E-state index contributed by atoms with van der Waals surface area (Å²) in [6, 6.07) is 9.97. The van der Waals surface area contributed by atoms with Crippen molar-refractivity contribution < 1.29 is 4.79 Å². The van der Waals surface area contributed by atoms with Gasteiger partial charge in [0, 0.05) is 24.2 Å². The molecule has 116 valence electrons. The van der Waals surface area contributed by atoms with Crippen molar-refractivity contribution >= 4 is 5.91 Å². The van der Waals surface area contributed by atoms with Crippen LogP contribution >= 0.6 is 0 Å². The van der Waals surface area contributed by atoms with Crippen LogP contribution in [0.2, 0.25) is 0 Å². The van der Waals surface area contributed by atoms with Gasteiger partial charge in [0.2, 0.25) is 5.91 Å². The second-order valence-corrected chi connectivity index (χ2v) is 6.53. The topological polar surface area (TPSA) is 49.0 Å². The van der Waals surface area contributed by atoms with E-state index in [0.717, 1.165) is 31.5 Å². The molecule has 0 spiro atoms. The molecule has 3 rings (SSSR count). The van der Waals surface area contributed by atoms with Crippen LogP contribution in [0, 0.1) is 6.92 Å². The van der Waals surface area contributed by atoms with Crippen molar-refractivity contribution in [1.29, 1.82) is 0 Å². The molecule has 1 fully saturated rings. The van der Waals surface area contributed by atoms with E-state index in [-0.39, 0.29) is 11.3 Å². The van der Waals surface area contributed by atoms with E-state index in [0.29, 0.717) is 6.42 Å². The predicted octanol–water partition coefficient (Wildman–Crippen LogP) is 2.84. The average molecular weight is 297 g/mol. The van der Waals surface area contributed by atoms with Crippen molar-refractivity contribution in [1.82, 2.24) is 15.1 Å². The lowest BCUT2D eigenvalue weighted by molar-refractivity contribution is -0.132. The van der Waals surface area contributed by atoms with Crippen LogP contribution in [-0.4, -0.2) is 34.1 Å². The fraction of sp³-hybridized carbons (Fsp3) is 0.444. The number of aromatic nitrogens is 2. The van der Waals surface area contributed by atoms with Gasteiger partial charge in [0.1, 0.15) is 0 Å². The Balaban J connectivity index is 1.62. The fourth-order valence-electron chi connectivity index (χ4n) is 3.34. The van der Waals surface area contributed by atoms with Crippen molar-refractivity contribution in [2.24, 2.45) is 0 Å². The highest BCUT2D eigenvalue weighted by Crippen LogP contribution is 2.35. The molecule has 1 aliphatic heterocycles. The smallest absolute Gasteiger partial charge is 0.226 e. The van der Waals surface area contributed by atoms with Crippen LogP contribution in [0.3, 0.4) is 0 Å². The molecule has 0 unspecified atom stereocenters. The van der Waals surface area contributed by atoms with Crippen LogP contribution in [0.4, 0.5) is 0 Å². The van der Waals surface area contributed by atoms with Gasteiger partial charge in [-0.05, 0) is 30.9 Å². The Labute approximate surface area is 131 Å². The first kappa shape index (κ1) is 14.8. The van der Waals surface area contributed by atoms with Crippen LogP contribution in [-0.2, 0) is 16.6 Å². The fourth-order valence-corrected chi connectivity index (χ4v) is 3.34. The number of aromatic amines is 1. The lowest BCUT2D eigenvalue weighted by atomic mass is 9.76. The van der Waals surface area contributed by atoms with Gasteiger partial charge in [0.25, 0.3) is 0 Å². The van der Waals surface area contributed by atoms with Gasteiger partial charge < -0.3 is 4.90 Å². The Morgan fingerprint density at radius 2 is 1.95 bits per heavy atom. The summed E-state index contributed by atoms with van der Waals surface area (Å²) in [5, 5.41) is 7.29. The Kier molecular flexibility index (Phi) is 4.01. The quantitative estimate of drug-likeness (QED) is 0.947. The Hall–Kier alpha value is -2.10. The van der Waals surface area contributed by atoms with Crippen LogP contribution < -0.4 is 0 Å². The highest BCUT2D eigenvalue weighted by atomic mass is 16.2. The lowest BCUT2D eigenvalue weighted by Gasteiger charge is -2.39. The SMILES string of the molecule is Cc1cn[nH]c1C1(C)CCN(C(=O)Cc2ccccc2)CC1. The molecule has 1 saturated heterocycles. The summed E-state index contributed by atoms with van der Waals surface area (Å²) >= 11 is 0. The minimum atomic E-state index is 0.101. The molecule has 1 aromatic carbocycles. The molecular weight excluding hydrogens is 274 g/mol. The second-order valence-electron chi connectivity index (χ2n) is 6.53. The van der Waals surface area contributed by atoms with Crippen LogP contribution in [0.25, 0.3) is 0 Å². The van der Waals surface area contributed by atoms with Crippen LogP contribution in [0.1, 0.15) is 36.6 Å². The van der Waals surface area contributed by atoms with E-state index in [1.165, 1.54) is 11.3 Å². The highest BCUT2D eigenvalue weighted by molar-refractivity contribution is 5.78. The number of carbonyl (C=O) groups excluding carboxylic acids is 1. The summed E-state index contributed by atoms with van der Waals surface area (Å²) in [5.41, 5.74) is 3.63. The summed E-state index contributed by atoms with van der Waals surface area (Å²) < 4.78 is 0. The number of benzene rings is 1. The number of hydrogen-bond donors (Lipinski definition) is 1. The molecule has 22 heavy (non-hydrogen) atoms. The molecule has 1 aliphatic rings. The first-order valence-corrected chi connectivity index (χ1v) is 7.91. The molecule has 2 heterocycles. The Morgan fingerprint density at radius 3 is 2.55 bits per heavy atom. The van der Waals surface area contributed by atoms with E-state index >= 15 is 0 Å². The summed E-state index contributed by atoms with van der Waals surface area (Å²) in [7, 11) is 0. The molecule has 0 atom stereocenters. The maximum absolute atomic E-state index is 12.4. The van der Waals surface area contributed by atoms with Gasteiger partial charge in [0.15, 0.2) is 0 Å². The largest absolute Gasteiger partial charge is 0.342 e. The molecule has 0 saturated carbocycles. The number of piperidine rings is 1. The summed E-state index contributed by atoms with van der Waals surface area (Å²) in [6.45, 7) is 6.00. The standard InChI is InChI=1S/C18H23N3O/c1-14-13-19-20-17(14)18(2)8-10-21(11-9-18)16(22)12-15-6-4-3-5-7-15/h3-7,13H,8-12H2,1-2H3,(H,19,20). The van der Waals surface area contributed by atoms with Gasteiger partial charge in [-0.25, -0.2) is 0 Å². The van der Waals surface area contributed by atoms with E-state index in [2.05, 4.69) is 24.0 Å². The number of H-pyrrole nitrogens is 1. The molecule has 2 aromatic rings. The zero-order valence-corrected chi connectivity index (χ0v) is 13.3. The van der Waals surface area contributed by atoms with Gasteiger partial charge >= 0.3 is 0 Å². The van der Waals surface area contributed by atoms with Gasteiger partial charge in [0.05, 0.1) is 12.6 Å². The lowest BCUT2D eigenvalue weighted by Crippen LogP contribution is -2.44. The van der Waals surface area contributed by atoms with Crippen LogP contribution in [0.5, 0.6) is 0 Å². The first-order valence-electron chi connectivity index (χ1n) is 7.91. The second kappa shape index (κ2) is 5.95. The van der Waals surface area contributed by atoms with E-state index in [9.17, 15) is 4.79 Å². The number of aryl methyl sites for hydroxylation is 1. The van der Waals surface area contributed by atoms with E-state index < -0.39 is 0 Å². The summed E-state index contributed by atoms with van der Waals surface area (Å²) in [5.74, 6) is 0.231. The molecule has 0 radical (unpaired) electrons. The summed E-state index contributed by atoms with van der Waals surface area (Å²) in [6.07, 6.45) is 4.35. The molecule has 1 N–H and O–H groups in total. The molecule has 1 amide bonds. The van der Waals surface area contributed by atoms with E-state index in [1.807, 2.05) is 41.4 Å². The Morgan fingerprint density at radius 1 is 1.27 bits per heavy atom. The Bertz CT molecular complexity index is 639. The monoisotopic (exact) mass is 297 g/mol. The third-order valence-electron chi connectivity index (χ3n) is 4.85. The number of likely N-dealkylation sites (tertiary alicyclic amines) is 1. The number of nitrogens with zero attached hydrogens (tertiary/aromatic N) is 2. The zero-order valence-electron chi connectivity index (χ0n) is 13.3. The predicted molar refractivity (Wildman–Crippen MR) is 86.6 cm³/mol. The van der Waals surface area contributed by atoms with Gasteiger partial charge in [-0.1, -0.05) is 37.3 Å². The van der Waals surface area contributed by atoms with Crippen molar-refractivity contribution in [2.75, 3.05) is 13.1 Å². The normalized spacial score (nSPS) is 17.5. The van der Waals surface area contributed by atoms with Gasteiger partial charge in [-0.2, -0.15) is 5.10 Å². The van der Waals surface area contributed by atoms with Crippen molar-refractivity contribution in [2.45, 2.75) is 38.5 Å². The van der Waals surface area contributed by atoms with E-state index in [4.69, 9.17) is 0 Å². The number of amides is 1. The minimum Gasteiger partial charge on any atom is -0.342 e. The van der Waals surface area contributed by atoms with Crippen LogP contribution in [0.15, 0.2) is 36.5 Å². The molecule has 0 aliphatic carbocycles. The number of carbonyl (C=O) groups is 1. The highest BCUT2D eigenvalue weighted by Gasteiger charge is 2.35. The molecule has 4 nitrogen and oxygen atoms in total. The first-order chi connectivity index (χ1) is 10.6. The van der Waals surface area contributed by atoms with Crippen molar-refractivity contribution in [3.63, 3.8) is 0 Å². The van der Waals surface area contributed by atoms with Gasteiger partial charge in [-0.15, -0.1) is 0 Å². The van der Waals surface area contributed by atoms with E-state index in [1.54, 1.807) is 0 Å². The molecule has 1 aromatic heterocycles. The number of rotatable bonds is 3. The zero-order chi connectivity index (χ0) is 15.6. The number of hydrogen-bond acceptors (Lipinski definition) is 2. The van der Waals surface area contributed by atoms with Crippen molar-refractivity contribution in [3.8, 4) is 0 Å². The molecule has 4 heteroatoms. The third kappa shape index (κ3) is 2.91. The maximum Gasteiger partial charge on any atom is 0.226 e. The third-order valence-corrected chi connectivity index (χ3v) is 4.85. The average Bonchev–Trinajstić information content (AvgIpc) is 2.96. The molecular formula is C18H23N3O. The molecule has 0 bridgehead atoms. The number of nitrogens with one attached hydrogen (secondary N) is 1. The van der Waals surface area contributed by atoms with Gasteiger partial charge in [-0.3, -0.25) is 9.89 Å². The maximum atomic E-state index is 12.4.